The van der Waals surface area contributed by atoms with Gasteiger partial charge in [0, 0.05) is 25.9 Å². The van der Waals surface area contributed by atoms with Gasteiger partial charge in [0.05, 0.1) is 4.88 Å². The van der Waals surface area contributed by atoms with Gasteiger partial charge >= 0.3 is 0 Å². The van der Waals surface area contributed by atoms with Gasteiger partial charge in [-0.05, 0) is 38.1 Å². The lowest BCUT2D eigenvalue weighted by Gasteiger charge is -2.30. The minimum Gasteiger partial charge on any atom is -0.343 e. The summed E-state index contributed by atoms with van der Waals surface area (Å²) in [5, 5.41) is 8.59. The van der Waals surface area contributed by atoms with Gasteiger partial charge in [0.25, 0.3) is 5.91 Å². The van der Waals surface area contributed by atoms with Crippen LogP contribution in [0.1, 0.15) is 54.0 Å². The molecule has 0 aliphatic heterocycles. The maximum atomic E-state index is 12.7. The molecule has 2 aromatic heterocycles. The predicted octanol–water partition coefficient (Wildman–Crippen LogP) is 2.22. The Morgan fingerprint density at radius 1 is 1.44 bits per heavy atom. The number of carbonyl (C=O) groups is 2. The minimum absolute atomic E-state index is 0.164. The second-order valence-electron chi connectivity index (χ2n) is 6.86. The first-order chi connectivity index (χ1) is 11.9. The SMILES string of the molecule is CN(CCc1noc(C2CC2)n1)C(=O)C(C)(C)NC(=O)c1cccs1. The van der Waals surface area contributed by atoms with Crippen LogP contribution in [0.2, 0.25) is 0 Å². The molecule has 1 N–H and O–H groups in total. The summed E-state index contributed by atoms with van der Waals surface area (Å²) in [5.41, 5.74) is -0.994. The van der Waals surface area contributed by atoms with Crippen molar-refractivity contribution >= 4 is 23.2 Å². The van der Waals surface area contributed by atoms with Gasteiger partial charge in [-0.1, -0.05) is 11.2 Å². The van der Waals surface area contributed by atoms with E-state index in [2.05, 4.69) is 15.5 Å². The van der Waals surface area contributed by atoms with E-state index in [1.807, 2.05) is 5.38 Å². The third-order valence-electron chi connectivity index (χ3n) is 4.13. The first-order valence-electron chi connectivity index (χ1n) is 8.31. The zero-order valence-corrected chi connectivity index (χ0v) is 15.4. The average molecular weight is 362 g/mol. The van der Waals surface area contributed by atoms with E-state index < -0.39 is 5.54 Å². The van der Waals surface area contributed by atoms with Gasteiger partial charge in [-0.25, -0.2) is 0 Å². The Kier molecular flexibility index (Phi) is 4.89. The third kappa shape index (κ3) is 4.25. The Hall–Kier alpha value is -2.22. The molecule has 8 heteroatoms. The van der Waals surface area contributed by atoms with E-state index >= 15 is 0 Å². The molecule has 0 bridgehead atoms. The molecule has 1 aliphatic carbocycles. The molecule has 134 valence electrons. The third-order valence-corrected chi connectivity index (χ3v) is 5.00. The second-order valence-corrected chi connectivity index (χ2v) is 7.80. The molecule has 0 aromatic carbocycles. The molecule has 2 aromatic rings. The molecule has 0 radical (unpaired) electrons. The van der Waals surface area contributed by atoms with Crippen LogP contribution in [0.3, 0.4) is 0 Å². The fourth-order valence-corrected chi connectivity index (χ4v) is 3.14. The highest BCUT2D eigenvalue weighted by Gasteiger charge is 2.33. The molecule has 1 aliphatic rings. The van der Waals surface area contributed by atoms with E-state index in [0.29, 0.717) is 35.5 Å². The summed E-state index contributed by atoms with van der Waals surface area (Å²) in [6.07, 6.45) is 2.74. The van der Waals surface area contributed by atoms with Crippen molar-refractivity contribution < 1.29 is 14.1 Å². The monoisotopic (exact) mass is 362 g/mol. The molecule has 1 fully saturated rings. The summed E-state index contributed by atoms with van der Waals surface area (Å²) in [4.78, 5) is 31.4. The minimum atomic E-state index is -0.994. The molecule has 3 rings (SSSR count). The number of nitrogens with zero attached hydrogens (tertiary/aromatic N) is 3. The number of nitrogens with one attached hydrogen (secondary N) is 1. The van der Waals surface area contributed by atoms with Crippen molar-refractivity contribution in [1.82, 2.24) is 20.4 Å². The van der Waals surface area contributed by atoms with Crippen LogP contribution in [0, 0.1) is 0 Å². The first kappa shape index (κ1) is 17.6. The summed E-state index contributed by atoms with van der Waals surface area (Å²) >= 11 is 1.35. The molecule has 2 heterocycles. The van der Waals surface area contributed by atoms with Crippen molar-refractivity contribution in [2.75, 3.05) is 13.6 Å². The highest BCUT2D eigenvalue weighted by Crippen LogP contribution is 2.38. The van der Waals surface area contributed by atoms with Crippen molar-refractivity contribution in [3.8, 4) is 0 Å². The van der Waals surface area contributed by atoms with Crippen LogP contribution in [-0.4, -0.2) is 46.0 Å². The van der Waals surface area contributed by atoms with E-state index in [-0.39, 0.29) is 11.8 Å². The van der Waals surface area contributed by atoms with Crippen LogP contribution in [0.25, 0.3) is 0 Å². The summed E-state index contributed by atoms with van der Waals surface area (Å²) in [6, 6.07) is 3.54. The number of carbonyl (C=O) groups excluding carboxylic acids is 2. The number of likely N-dealkylation sites (N-methyl/N-ethyl adjacent to an activating group) is 1. The second kappa shape index (κ2) is 6.95. The fraction of sp³-hybridized carbons (Fsp3) is 0.529. The first-order valence-corrected chi connectivity index (χ1v) is 9.19. The van der Waals surface area contributed by atoms with Crippen molar-refractivity contribution in [2.24, 2.45) is 0 Å². The van der Waals surface area contributed by atoms with Crippen molar-refractivity contribution in [1.29, 1.82) is 0 Å². The lowest BCUT2D eigenvalue weighted by atomic mass is 10.0. The Labute approximate surface area is 150 Å². The van der Waals surface area contributed by atoms with E-state index in [0.717, 1.165) is 12.8 Å². The van der Waals surface area contributed by atoms with Crippen LogP contribution in [0.4, 0.5) is 0 Å². The molecule has 0 atom stereocenters. The molecular weight excluding hydrogens is 340 g/mol. The summed E-state index contributed by atoms with van der Waals surface area (Å²) < 4.78 is 5.22. The lowest BCUT2D eigenvalue weighted by Crippen LogP contribution is -2.55. The standard InChI is InChI=1S/C17H22N4O3S/c1-17(2,19-14(22)12-5-4-10-25-12)16(23)21(3)9-8-13-18-15(24-20-13)11-6-7-11/h4-5,10-11H,6-9H2,1-3H3,(H,19,22). The Balaban J connectivity index is 1.53. The van der Waals surface area contributed by atoms with Crippen LogP contribution in [-0.2, 0) is 11.2 Å². The van der Waals surface area contributed by atoms with Crippen LogP contribution >= 0.6 is 11.3 Å². The Bertz CT molecular complexity index is 750. The number of rotatable bonds is 7. The van der Waals surface area contributed by atoms with Crippen molar-refractivity contribution in [3.63, 3.8) is 0 Å². The zero-order valence-electron chi connectivity index (χ0n) is 14.6. The highest BCUT2D eigenvalue weighted by atomic mass is 32.1. The molecule has 25 heavy (non-hydrogen) atoms. The van der Waals surface area contributed by atoms with E-state index in [9.17, 15) is 9.59 Å². The van der Waals surface area contributed by atoms with E-state index in [4.69, 9.17) is 4.52 Å². The quantitative estimate of drug-likeness (QED) is 0.816. The van der Waals surface area contributed by atoms with Gasteiger partial charge in [0.2, 0.25) is 11.8 Å². The normalized spacial score (nSPS) is 14.4. The summed E-state index contributed by atoms with van der Waals surface area (Å²) in [6.45, 7) is 3.87. The van der Waals surface area contributed by atoms with E-state index in [1.165, 1.54) is 11.3 Å². The summed E-state index contributed by atoms with van der Waals surface area (Å²) in [5.74, 6) is 1.33. The topological polar surface area (TPSA) is 88.3 Å². The largest absolute Gasteiger partial charge is 0.343 e. The molecule has 0 saturated heterocycles. The van der Waals surface area contributed by atoms with Gasteiger partial charge in [-0.2, -0.15) is 4.98 Å². The van der Waals surface area contributed by atoms with Gasteiger partial charge in [-0.15, -0.1) is 11.3 Å². The average Bonchev–Trinajstić information content (AvgIpc) is 3.09. The number of thiophene rings is 1. The van der Waals surface area contributed by atoms with Crippen LogP contribution in [0.5, 0.6) is 0 Å². The van der Waals surface area contributed by atoms with Crippen molar-refractivity contribution in [2.45, 2.75) is 44.6 Å². The Morgan fingerprint density at radius 3 is 2.84 bits per heavy atom. The van der Waals surface area contributed by atoms with Gasteiger partial charge in [-0.3, -0.25) is 9.59 Å². The molecule has 7 nitrogen and oxygen atoms in total. The number of aromatic nitrogens is 2. The molecular formula is C17H22N4O3S. The lowest BCUT2D eigenvalue weighted by molar-refractivity contribution is -0.135. The van der Waals surface area contributed by atoms with Gasteiger partial charge < -0.3 is 14.7 Å². The van der Waals surface area contributed by atoms with Gasteiger partial charge in [0.15, 0.2) is 5.82 Å². The highest BCUT2D eigenvalue weighted by molar-refractivity contribution is 7.12. The number of hydrogen-bond donors (Lipinski definition) is 1. The predicted molar refractivity (Wildman–Crippen MR) is 93.5 cm³/mol. The maximum absolute atomic E-state index is 12.7. The smallest absolute Gasteiger partial charge is 0.262 e. The summed E-state index contributed by atoms with van der Waals surface area (Å²) in [7, 11) is 1.71. The number of amides is 2. The van der Waals surface area contributed by atoms with Crippen LogP contribution < -0.4 is 5.32 Å². The van der Waals surface area contributed by atoms with E-state index in [1.54, 1.807) is 37.9 Å². The zero-order chi connectivity index (χ0) is 18.0. The molecule has 0 spiro atoms. The number of hydrogen-bond acceptors (Lipinski definition) is 6. The Morgan fingerprint density at radius 2 is 2.20 bits per heavy atom. The van der Waals surface area contributed by atoms with Crippen molar-refractivity contribution in [3.05, 3.63) is 34.1 Å². The molecule has 0 unspecified atom stereocenters. The van der Waals surface area contributed by atoms with Crippen LogP contribution in [0.15, 0.2) is 22.0 Å². The molecule has 1 saturated carbocycles. The molecule has 2 amide bonds. The van der Waals surface area contributed by atoms with Gasteiger partial charge in [0.1, 0.15) is 5.54 Å². The fourth-order valence-electron chi connectivity index (χ4n) is 2.52. The maximum Gasteiger partial charge on any atom is 0.262 e.